The molecule has 2 heterocycles. The number of carbonyl (C=O) groups excluding carboxylic acids is 2. The number of likely N-dealkylation sites (tertiary alicyclic amines) is 1. The van der Waals surface area contributed by atoms with E-state index in [1.807, 2.05) is 30.3 Å². The molecule has 0 radical (unpaired) electrons. The molecule has 0 saturated carbocycles. The Morgan fingerprint density at radius 1 is 1.00 bits per heavy atom. The predicted octanol–water partition coefficient (Wildman–Crippen LogP) is 4.18. The standard InChI is InChI=1S/C28H25NO7/c1-2-34-22-14-18(8-10-20(22)30)25-24(26(31)19-9-11-21-23(15-19)36-13-12-35-21)27(32)28(33)29(25)16-17-6-4-3-5-7-17/h3-11,14-15,25,30-31H,2,12-13,16H2,1H3/b26-24+/t25-/m1/s1. The van der Waals surface area contributed by atoms with Crippen molar-refractivity contribution in [3.05, 3.63) is 89.0 Å². The van der Waals surface area contributed by atoms with Crippen molar-refractivity contribution in [3.8, 4) is 23.0 Å². The summed E-state index contributed by atoms with van der Waals surface area (Å²) in [7, 11) is 0. The number of fused-ring (bicyclic) bond motifs is 1. The second kappa shape index (κ2) is 9.65. The minimum absolute atomic E-state index is 0.0549. The van der Waals surface area contributed by atoms with Crippen molar-refractivity contribution in [3.63, 3.8) is 0 Å². The van der Waals surface area contributed by atoms with Gasteiger partial charge in [-0.15, -0.1) is 0 Å². The average Bonchev–Trinajstić information content (AvgIpc) is 3.15. The third-order valence-electron chi connectivity index (χ3n) is 6.15. The van der Waals surface area contributed by atoms with Crippen LogP contribution in [0, 0.1) is 0 Å². The highest BCUT2D eigenvalue weighted by Gasteiger charge is 2.46. The number of nitrogens with zero attached hydrogens (tertiary/aromatic N) is 1. The minimum atomic E-state index is -0.904. The van der Waals surface area contributed by atoms with Crippen molar-refractivity contribution >= 4 is 17.4 Å². The Balaban J connectivity index is 1.65. The molecule has 2 aliphatic rings. The fourth-order valence-corrected chi connectivity index (χ4v) is 4.49. The number of hydrogen-bond acceptors (Lipinski definition) is 7. The first-order chi connectivity index (χ1) is 17.5. The first-order valence-corrected chi connectivity index (χ1v) is 11.7. The summed E-state index contributed by atoms with van der Waals surface area (Å²) in [5.74, 6) is -0.699. The Kier molecular flexibility index (Phi) is 6.25. The second-order valence-corrected chi connectivity index (χ2v) is 8.43. The van der Waals surface area contributed by atoms with Gasteiger partial charge in [0.05, 0.1) is 18.2 Å². The number of aliphatic hydroxyl groups excluding tert-OH is 1. The van der Waals surface area contributed by atoms with Gasteiger partial charge in [0.1, 0.15) is 19.0 Å². The summed E-state index contributed by atoms with van der Waals surface area (Å²) >= 11 is 0. The number of Topliss-reactive ketones (excluding diaryl/α,β-unsaturated/α-hetero) is 1. The lowest BCUT2D eigenvalue weighted by atomic mass is 9.94. The lowest BCUT2D eigenvalue weighted by molar-refractivity contribution is -0.140. The van der Waals surface area contributed by atoms with Crippen LogP contribution in [-0.2, 0) is 16.1 Å². The highest BCUT2D eigenvalue weighted by molar-refractivity contribution is 6.46. The first kappa shape index (κ1) is 23.3. The average molecular weight is 488 g/mol. The van der Waals surface area contributed by atoms with Gasteiger partial charge in [0.25, 0.3) is 11.7 Å². The van der Waals surface area contributed by atoms with Crippen LogP contribution in [0.4, 0.5) is 0 Å². The first-order valence-electron chi connectivity index (χ1n) is 11.7. The van der Waals surface area contributed by atoms with Gasteiger partial charge in [-0.25, -0.2) is 0 Å². The van der Waals surface area contributed by atoms with Gasteiger partial charge in [-0.3, -0.25) is 9.59 Å². The molecule has 3 aromatic rings. The topological polar surface area (TPSA) is 106 Å². The molecule has 0 aromatic heterocycles. The van der Waals surface area contributed by atoms with Gasteiger partial charge in [0.2, 0.25) is 0 Å². The molecule has 1 saturated heterocycles. The van der Waals surface area contributed by atoms with E-state index in [4.69, 9.17) is 14.2 Å². The fraction of sp³-hybridized carbons (Fsp3) is 0.214. The molecule has 0 unspecified atom stereocenters. The maximum absolute atomic E-state index is 13.3. The fourth-order valence-electron chi connectivity index (χ4n) is 4.49. The maximum atomic E-state index is 13.3. The smallest absolute Gasteiger partial charge is 0.295 e. The van der Waals surface area contributed by atoms with E-state index in [1.54, 1.807) is 37.3 Å². The predicted molar refractivity (Wildman–Crippen MR) is 131 cm³/mol. The Hall–Kier alpha value is -4.46. The molecule has 184 valence electrons. The van der Waals surface area contributed by atoms with E-state index in [9.17, 15) is 19.8 Å². The lowest BCUT2D eigenvalue weighted by Gasteiger charge is -2.26. The number of ketones is 1. The summed E-state index contributed by atoms with van der Waals surface area (Å²) in [5.41, 5.74) is 1.62. The number of carbonyl (C=O) groups is 2. The molecule has 5 rings (SSSR count). The Bertz CT molecular complexity index is 1350. The molecular weight excluding hydrogens is 462 g/mol. The summed E-state index contributed by atoms with van der Waals surface area (Å²) in [4.78, 5) is 28.0. The van der Waals surface area contributed by atoms with Gasteiger partial charge in [-0.2, -0.15) is 0 Å². The maximum Gasteiger partial charge on any atom is 0.295 e. The Labute approximate surface area is 208 Å². The van der Waals surface area contributed by atoms with E-state index < -0.39 is 17.7 Å². The van der Waals surface area contributed by atoms with Crippen molar-refractivity contribution in [2.75, 3.05) is 19.8 Å². The van der Waals surface area contributed by atoms with Crippen LogP contribution in [0.25, 0.3) is 5.76 Å². The zero-order valence-electron chi connectivity index (χ0n) is 19.6. The van der Waals surface area contributed by atoms with E-state index >= 15 is 0 Å². The Morgan fingerprint density at radius 3 is 2.50 bits per heavy atom. The summed E-state index contributed by atoms with van der Waals surface area (Å²) in [6.07, 6.45) is 0. The SMILES string of the molecule is CCOc1cc([C@@H]2/C(=C(\O)c3ccc4c(c3)OCCO4)C(=O)C(=O)N2Cc2ccccc2)ccc1O. The third-order valence-corrected chi connectivity index (χ3v) is 6.15. The van der Waals surface area contributed by atoms with Crippen molar-refractivity contribution in [2.24, 2.45) is 0 Å². The van der Waals surface area contributed by atoms with Gasteiger partial charge in [0, 0.05) is 12.1 Å². The number of phenols is 1. The molecule has 8 nitrogen and oxygen atoms in total. The number of hydrogen-bond donors (Lipinski definition) is 2. The van der Waals surface area contributed by atoms with Gasteiger partial charge >= 0.3 is 0 Å². The van der Waals surface area contributed by atoms with Gasteiger partial charge in [-0.05, 0) is 48.4 Å². The highest BCUT2D eigenvalue weighted by Crippen LogP contribution is 2.43. The van der Waals surface area contributed by atoms with Crippen LogP contribution in [0.3, 0.4) is 0 Å². The lowest BCUT2D eigenvalue weighted by Crippen LogP contribution is -2.29. The molecule has 0 spiro atoms. The van der Waals surface area contributed by atoms with Crippen LogP contribution in [-0.4, -0.2) is 46.6 Å². The zero-order valence-corrected chi connectivity index (χ0v) is 19.6. The number of aliphatic hydroxyl groups is 1. The van der Waals surface area contributed by atoms with Gasteiger partial charge in [-0.1, -0.05) is 36.4 Å². The van der Waals surface area contributed by atoms with Crippen LogP contribution < -0.4 is 14.2 Å². The molecule has 1 amide bonds. The third kappa shape index (κ3) is 4.22. The highest BCUT2D eigenvalue weighted by atomic mass is 16.6. The normalized spacial score (nSPS) is 18.4. The molecule has 8 heteroatoms. The molecule has 2 aliphatic heterocycles. The molecule has 1 atom stereocenters. The largest absolute Gasteiger partial charge is 0.507 e. The van der Waals surface area contributed by atoms with Crippen molar-refractivity contribution in [2.45, 2.75) is 19.5 Å². The number of rotatable bonds is 6. The molecule has 0 aliphatic carbocycles. The number of amides is 1. The summed E-state index contributed by atoms with van der Waals surface area (Å²) in [6.45, 7) is 3.05. The van der Waals surface area contributed by atoms with E-state index in [0.29, 0.717) is 42.4 Å². The van der Waals surface area contributed by atoms with Crippen LogP contribution in [0.1, 0.15) is 29.7 Å². The van der Waals surface area contributed by atoms with Gasteiger partial charge in [0.15, 0.2) is 23.0 Å². The monoisotopic (exact) mass is 487 g/mol. The molecule has 36 heavy (non-hydrogen) atoms. The molecule has 1 fully saturated rings. The number of benzene rings is 3. The van der Waals surface area contributed by atoms with Crippen molar-refractivity contribution in [1.29, 1.82) is 0 Å². The second-order valence-electron chi connectivity index (χ2n) is 8.43. The summed E-state index contributed by atoms with van der Waals surface area (Å²) in [6, 6.07) is 17.9. The van der Waals surface area contributed by atoms with Crippen LogP contribution >= 0.6 is 0 Å². The van der Waals surface area contributed by atoms with E-state index in [2.05, 4.69) is 0 Å². The van der Waals surface area contributed by atoms with Crippen LogP contribution in [0.5, 0.6) is 23.0 Å². The van der Waals surface area contributed by atoms with E-state index in [-0.39, 0.29) is 29.4 Å². The van der Waals surface area contributed by atoms with Gasteiger partial charge < -0.3 is 29.3 Å². The quantitative estimate of drug-likeness (QED) is 0.305. The summed E-state index contributed by atoms with van der Waals surface area (Å²) in [5, 5.41) is 21.6. The Morgan fingerprint density at radius 2 is 1.75 bits per heavy atom. The summed E-state index contributed by atoms with van der Waals surface area (Å²) < 4.78 is 16.7. The molecule has 0 bridgehead atoms. The number of phenolic OH excluding ortho intramolecular Hbond substituents is 1. The van der Waals surface area contributed by atoms with E-state index in [0.717, 1.165) is 5.56 Å². The van der Waals surface area contributed by atoms with Crippen molar-refractivity contribution < 1.29 is 34.0 Å². The van der Waals surface area contributed by atoms with E-state index in [1.165, 1.54) is 11.0 Å². The number of ether oxygens (including phenoxy) is 3. The van der Waals surface area contributed by atoms with Crippen LogP contribution in [0.2, 0.25) is 0 Å². The van der Waals surface area contributed by atoms with Crippen LogP contribution in [0.15, 0.2) is 72.3 Å². The molecular formula is C28H25NO7. The molecule has 2 N–H and O–H groups in total. The minimum Gasteiger partial charge on any atom is -0.507 e. The van der Waals surface area contributed by atoms with Crippen molar-refractivity contribution in [1.82, 2.24) is 4.90 Å². The zero-order chi connectivity index (χ0) is 25.2. The number of aromatic hydroxyl groups is 1. The molecule has 3 aromatic carbocycles.